The molecule has 0 aromatic rings. The van der Waals surface area contributed by atoms with E-state index in [4.69, 9.17) is 0 Å². The summed E-state index contributed by atoms with van der Waals surface area (Å²) >= 11 is 0. The molecule has 0 amide bonds. The maximum atomic E-state index is 9.48. The lowest BCUT2D eigenvalue weighted by molar-refractivity contribution is 0.0658. The number of hydrogen-bond acceptors (Lipinski definition) is 2. The third-order valence-corrected chi connectivity index (χ3v) is 2.56. The molecule has 2 fully saturated rings. The second-order valence-electron chi connectivity index (χ2n) is 3.56. The summed E-state index contributed by atoms with van der Waals surface area (Å²) in [5, 5.41) is 9.48. The second-order valence-corrected chi connectivity index (χ2v) is 3.56. The van der Waals surface area contributed by atoms with Crippen molar-refractivity contribution in [3.8, 4) is 0 Å². The number of aliphatic hydroxyl groups is 1. The first kappa shape index (κ1) is 6.62. The van der Waals surface area contributed by atoms with Crippen LogP contribution in [-0.4, -0.2) is 35.7 Å². The molecule has 1 aliphatic carbocycles. The van der Waals surface area contributed by atoms with Crippen LogP contribution in [0.4, 0.5) is 0 Å². The van der Waals surface area contributed by atoms with Crippen molar-refractivity contribution in [1.29, 1.82) is 0 Å². The molecule has 0 spiro atoms. The van der Waals surface area contributed by atoms with E-state index in [2.05, 4.69) is 4.90 Å². The fourth-order valence-electron chi connectivity index (χ4n) is 1.46. The molecular formula is C8H15NO. The quantitative estimate of drug-likeness (QED) is 0.617. The van der Waals surface area contributed by atoms with Gasteiger partial charge >= 0.3 is 0 Å². The molecule has 2 nitrogen and oxygen atoms in total. The minimum atomic E-state index is -0.0136. The molecule has 10 heavy (non-hydrogen) atoms. The molecule has 1 aliphatic heterocycles. The van der Waals surface area contributed by atoms with Gasteiger partial charge in [0.1, 0.15) is 0 Å². The lowest BCUT2D eigenvalue weighted by atomic mass is 10.1. The average Bonchev–Trinajstić information content (AvgIpc) is 2.58. The van der Waals surface area contributed by atoms with Gasteiger partial charge in [0.2, 0.25) is 0 Å². The molecule has 1 N–H and O–H groups in total. The van der Waals surface area contributed by atoms with Crippen molar-refractivity contribution in [3.63, 3.8) is 0 Å². The third kappa shape index (κ3) is 1.32. The Morgan fingerprint density at radius 1 is 1.40 bits per heavy atom. The Labute approximate surface area is 61.8 Å². The first-order valence-corrected chi connectivity index (χ1v) is 4.26. The molecular weight excluding hydrogens is 126 g/mol. The number of aliphatic hydroxyl groups excluding tert-OH is 1. The molecule has 0 bridgehead atoms. The van der Waals surface area contributed by atoms with Gasteiger partial charge in [-0.05, 0) is 38.3 Å². The van der Waals surface area contributed by atoms with Crippen LogP contribution in [0.15, 0.2) is 0 Å². The second kappa shape index (κ2) is 2.51. The van der Waals surface area contributed by atoms with Crippen molar-refractivity contribution in [2.24, 2.45) is 5.92 Å². The van der Waals surface area contributed by atoms with Crippen molar-refractivity contribution >= 4 is 0 Å². The highest BCUT2D eigenvalue weighted by Gasteiger charge is 2.31. The zero-order valence-corrected chi connectivity index (χ0v) is 6.29. The summed E-state index contributed by atoms with van der Waals surface area (Å²) in [5.74, 6) is 0.653. The third-order valence-electron chi connectivity index (χ3n) is 2.56. The van der Waals surface area contributed by atoms with Crippen LogP contribution in [0.2, 0.25) is 0 Å². The van der Waals surface area contributed by atoms with Gasteiger partial charge in [0, 0.05) is 6.54 Å². The summed E-state index contributed by atoms with van der Waals surface area (Å²) in [6.07, 6.45) is 3.83. The van der Waals surface area contributed by atoms with Crippen LogP contribution in [0.1, 0.15) is 19.3 Å². The smallest absolute Gasteiger partial charge is 0.0695 e. The monoisotopic (exact) mass is 141 g/mol. The Morgan fingerprint density at radius 2 is 2.10 bits per heavy atom. The van der Waals surface area contributed by atoms with Crippen LogP contribution in [0, 0.1) is 5.92 Å². The van der Waals surface area contributed by atoms with Crippen molar-refractivity contribution in [2.45, 2.75) is 25.4 Å². The fourth-order valence-corrected chi connectivity index (χ4v) is 1.46. The van der Waals surface area contributed by atoms with E-state index < -0.39 is 0 Å². The predicted molar refractivity (Wildman–Crippen MR) is 39.8 cm³/mol. The van der Waals surface area contributed by atoms with Gasteiger partial charge in [-0.15, -0.1) is 0 Å². The summed E-state index contributed by atoms with van der Waals surface area (Å²) in [7, 11) is 0. The Balaban J connectivity index is 1.67. The Kier molecular flexibility index (Phi) is 1.66. The molecule has 1 saturated heterocycles. The summed E-state index contributed by atoms with van der Waals surface area (Å²) in [5.41, 5.74) is 0. The molecule has 2 rings (SSSR count). The topological polar surface area (TPSA) is 23.5 Å². The van der Waals surface area contributed by atoms with Gasteiger partial charge in [-0.1, -0.05) is 0 Å². The van der Waals surface area contributed by atoms with E-state index in [9.17, 15) is 5.11 Å². The minimum absolute atomic E-state index is 0.0136. The number of nitrogens with zero attached hydrogens (tertiary/aromatic N) is 1. The van der Waals surface area contributed by atoms with E-state index >= 15 is 0 Å². The summed E-state index contributed by atoms with van der Waals surface area (Å²) in [6, 6.07) is 0. The number of hydrogen-bond donors (Lipinski definition) is 1. The van der Waals surface area contributed by atoms with Crippen molar-refractivity contribution in [2.75, 3.05) is 19.6 Å². The summed E-state index contributed by atoms with van der Waals surface area (Å²) in [4.78, 5) is 2.34. The molecule has 2 heteroatoms. The van der Waals surface area contributed by atoms with Crippen LogP contribution in [-0.2, 0) is 0 Å². The van der Waals surface area contributed by atoms with Gasteiger partial charge in [0.05, 0.1) is 6.10 Å². The zero-order valence-electron chi connectivity index (χ0n) is 6.29. The lowest BCUT2D eigenvalue weighted by Crippen LogP contribution is -2.42. The van der Waals surface area contributed by atoms with Crippen molar-refractivity contribution < 1.29 is 5.11 Å². The van der Waals surface area contributed by atoms with Crippen molar-refractivity contribution in [3.05, 3.63) is 0 Å². The normalized spacial score (nSPS) is 29.7. The van der Waals surface area contributed by atoms with Crippen LogP contribution in [0.25, 0.3) is 0 Å². The summed E-state index contributed by atoms with van der Waals surface area (Å²) < 4.78 is 0. The molecule has 0 radical (unpaired) electrons. The number of β-amino-alcohol motifs (C(OH)–C–C–N with tert-alkyl or cyclic N) is 1. The molecule has 1 saturated carbocycles. The van der Waals surface area contributed by atoms with Crippen LogP contribution >= 0.6 is 0 Å². The maximum Gasteiger partial charge on any atom is 0.0695 e. The van der Waals surface area contributed by atoms with Gasteiger partial charge in [0.25, 0.3) is 0 Å². The summed E-state index contributed by atoms with van der Waals surface area (Å²) in [6.45, 7) is 3.36. The lowest BCUT2D eigenvalue weighted by Gasteiger charge is -2.32. The van der Waals surface area contributed by atoms with Gasteiger partial charge < -0.3 is 10.0 Å². The minimum Gasteiger partial charge on any atom is -0.392 e. The van der Waals surface area contributed by atoms with E-state index in [0.29, 0.717) is 5.92 Å². The highest BCUT2D eigenvalue weighted by atomic mass is 16.3. The van der Waals surface area contributed by atoms with Gasteiger partial charge in [0.15, 0.2) is 0 Å². The number of likely N-dealkylation sites (tertiary alicyclic amines) is 1. The molecule has 2 aliphatic rings. The first-order valence-electron chi connectivity index (χ1n) is 4.26. The fraction of sp³-hybridized carbons (Fsp3) is 1.00. The van der Waals surface area contributed by atoms with Crippen LogP contribution in [0.3, 0.4) is 0 Å². The highest BCUT2D eigenvalue weighted by Crippen LogP contribution is 2.33. The standard InChI is InChI=1S/C8H15NO/c10-8(7-2-3-7)6-9-4-1-5-9/h7-8,10H,1-6H2. The van der Waals surface area contributed by atoms with Crippen LogP contribution in [0.5, 0.6) is 0 Å². The van der Waals surface area contributed by atoms with E-state index in [0.717, 1.165) is 6.54 Å². The molecule has 1 unspecified atom stereocenters. The Hall–Kier alpha value is -0.0800. The predicted octanol–water partition coefficient (Wildman–Crippen LogP) is 0.463. The van der Waals surface area contributed by atoms with E-state index in [-0.39, 0.29) is 6.10 Å². The highest BCUT2D eigenvalue weighted by molar-refractivity contribution is 4.84. The SMILES string of the molecule is OC(CN1CCC1)C1CC1. The van der Waals surface area contributed by atoms with E-state index in [1.807, 2.05) is 0 Å². The first-order chi connectivity index (χ1) is 4.86. The molecule has 1 heterocycles. The largest absolute Gasteiger partial charge is 0.392 e. The van der Waals surface area contributed by atoms with E-state index in [1.54, 1.807) is 0 Å². The average molecular weight is 141 g/mol. The maximum absolute atomic E-state index is 9.48. The molecule has 0 aromatic heterocycles. The molecule has 58 valence electrons. The van der Waals surface area contributed by atoms with Gasteiger partial charge in [-0.2, -0.15) is 0 Å². The van der Waals surface area contributed by atoms with Gasteiger partial charge in [-0.3, -0.25) is 0 Å². The Bertz CT molecular complexity index is 118. The molecule has 0 aromatic carbocycles. The zero-order chi connectivity index (χ0) is 6.97. The molecule has 1 atom stereocenters. The van der Waals surface area contributed by atoms with Gasteiger partial charge in [-0.25, -0.2) is 0 Å². The van der Waals surface area contributed by atoms with Crippen molar-refractivity contribution in [1.82, 2.24) is 4.90 Å². The van der Waals surface area contributed by atoms with Crippen LogP contribution < -0.4 is 0 Å². The van der Waals surface area contributed by atoms with E-state index in [1.165, 1.54) is 32.4 Å². The number of rotatable bonds is 3. The Morgan fingerprint density at radius 3 is 2.50 bits per heavy atom.